The molecule has 10 N–H and O–H groups in total. The van der Waals surface area contributed by atoms with E-state index in [0.29, 0.717) is 6.42 Å². The number of carbonyl (C=O) groups excluding carboxylic acids is 4. The maximum Gasteiger partial charge on any atom is 0.326 e. The number of nitrogens with two attached hydrogens (primary N) is 2. The zero-order valence-electron chi connectivity index (χ0n) is 20.2. The molecule has 0 aromatic heterocycles. The van der Waals surface area contributed by atoms with Crippen molar-refractivity contribution in [2.24, 2.45) is 17.4 Å². The molecule has 204 valence electrons. The van der Waals surface area contributed by atoms with Gasteiger partial charge in [-0.1, -0.05) is 20.3 Å². The number of rotatable bonds is 18. The van der Waals surface area contributed by atoms with Crippen LogP contribution in [0.4, 0.5) is 0 Å². The second-order valence-electron chi connectivity index (χ2n) is 8.30. The minimum absolute atomic E-state index is 0.249. The summed E-state index contributed by atoms with van der Waals surface area (Å²) in [6.45, 7) is 3.51. The first-order chi connectivity index (χ1) is 16.7. The number of hydrogen-bond acceptors (Lipinski definition) is 8. The summed E-state index contributed by atoms with van der Waals surface area (Å²) in [6, 6.07) is -5.49. The van der Waals surface area contributed by atoms with Gasteiger partial charge in [0.05, 0.1) is 6.04 Å². The lowest BCUT2D eigenvalue weighted by molar-refractivity contribution is -0.143. The van der Waals surface area contributed by atoms with Crippen molar-refractivity contribution < 1.29 is 48.9 Å². The summed E-state index contributed by atoms with van der Waals surface area (Å²) < 4.78 is 0. The van der Waals surface area contributed by atoms with Crippen molar-refractivity contribution in [3.05, 3.63) is 0 Å². The molecule has 0 fully saturated rings. The molecule has 5 unspecified atom stereocenters. The van der Waals surface area contributed by atoms with Crippen LogP contribution in [0.25, 0.3) is 0 Å². The Morgan fingerprint density at radius 2 is 1.08 bits per heavy atom. The third-order valence-corrected chi connectivity index (χ3v) is 5.41. The van der Waals surface area contributed by atoms with Crippen molar-refractivity contribution in [3.8, 4) is 0 Å². The van der Waals surface area contributed by atoms with Gasteiger partial charge in [0, 0.05) is 19.3 Å². The fourth-order valence-electron chi connectivity index (χ4n) is 2.94. The van der Waals surface area contributed by atoms with Gasteiger partial charge in [0.25, 0.3) is 0 Å². The quantitative estimate of drug-likeness (QED) is 0.0974. The van der Waals surface area contributed by atoms with Crippen LogP contribution in [-0.2, 0) is 33.6 Å². The molecule has 0 aliphatic rings. The van der Waals surface area contributed by atoms with E-state index in [0.717, 1.165) is 0 Å². The molecule has 0 aliphatic heterocycles. The SMILES string of the molecule is CCC(C)C(N)C(=O)NC(CCC(=O)O)C(=O)NC(CCC(N)=O)C(=O)NC(CCC(=O)O)C(=O)O. The van der Waals surface area contributed by atoms with E-state index in [9.17, 15) is 38.7 Å². The number of hydrogen-bond donors (Lipinski definition) is 8. The van der Waals surface area contributed by atoms with Crippen molar-refractivity contribution in [2.45, 2.75) is 83.0 Å². The zero-order chi connectivity index (χ0) is 28.0. The number of carboxylic acids is 3. The summed E-state index contributed by atoms with van der Waals surface area (Å²) in [6.07, 6.45) is -2.03. The first-order valence-electron chi connectivity index (χ1n) is 11.3. The summed E-state index contributed by atoms with van der Waals surface area (Å²) in [4.78, 5) is 82.5. The molecule has 0 spiro atoms. The molecule has 0 bridgehead atoms. The third kappa shape index (κ3) is 12.6. The number of carbonyl (C=O) groups is 7. The number of aliphatic carboxylic acids is 3. The second-order valence-corrected chi connectivity index (χ2v) is 8.30. The van der Waals surface area contributed by atoms with Gasteiger partial charge in [-0.15, -0.1) is 0 Å². The highest BCUT2D eigenvalue weighted by atomic mass is 16.4. The molecular weight excluding hydrogens is 482 g/mol. The van der Waals surface area contributed by atoms with Gasteiger partial charge < -0.3 is 42.7 Å². The molecular formula is C21H35N5O10. The van der Waals surface area contributed by atoms with Crippen molar-refractivity contribution in [1.82, 2.24) is 16.0 Å². The van der Waals surface area contributed by atoms with Crippen LogP contribution in [0.5, 0.6) is 0 Å². The Balaban J connectivity index is 5.68. The number of nitrogens with one attached hydrogen (secondary N) is 3. The molecule has 5 atom stereocenters. The van der Waals surface area contributed by atoms with Crippen LogP contribution in [0.3, 0.4) is 0 Å². The van der Waals surface area contributed by atoms with Gasteiger partial charge >= 0.3 is 17.9 Å². The van der Waals surface area contributed by atoms with Crippen molar-refractivity contribution >= 4 is 41.5 Å². The molecule has 0 aromatic rings. The van der Waals surface area contributed by atoms with Crippen LogP contribution in [-0.4, -0.2) is 81.0 Å². The van der Waals surface area contributed by atoms with Gasteiger partial charge in [0.2, 0.25) is 23.6 Å². The molecule has 0 aromatic carbocycles. The van der Waals surface area contributed by atoms with Crippen LogP contribution in [0, 0.1) is 5.92 Å². The van der Waals surface area contributed by atoms with E-state index < -0.39 is 85.0 Å². The maximum absolute atomic E-state index is 12.9. The van der Waals surface area contributed by atoms with E-state index in [1.54, 1.807) is 13.8 Å². The van der Waals surface area contributed by atoms with Crippen molar-refractivity contribution in [3.63, 3.8) is 0 Å². The molecule has 0 saturated heterocycles. The van der Waals surface area contributed by atoms with Gasteiger partial charge in [-0.05, 0) is 25.2 Å². The molecule has 15 nitrogen and oxygen atoms in total. The summed E-state index contributed by atoms with van der Waals surface area (Å²) in [5, 5.41) is 33.8. The molecule has 0 saturated carbocycles. The Kier molecular flexibility index (Phi) is 14.4. The fourth-order valence-corrected chi connectivity index (χ4v) is 2.94. The average molecular weight is 518 g/mol. The first-order valence-corrected chi connectivity index (χ1v) is 11.3. The lowest BCUT2D eigenvalue weighted by atomic mass is 9.98. The summed E-state index contributed by atoms with van der Waals surface area (Å²) in [5.74, 6) is -7.85. The monoisotopic (exact) mass is 517 g/mol. The van der Waals surface area contributed by atoms with Crippen LogP contribution in [0.1, 0.15) is 58.8 Å². The number of carboxylic acid groups (broad SMARTS) is 3. The number of primary amides is 1. The van der Waals surface area contributed by atoms with E-state index in [1.165, 1.54) is 0 Å². The first kappa shape index (κ1) is 32.2. The summed E-state index contributed by atoms with van der Waals surface area (Å²) >= 11 is 0. The molecule has 15 heteroatoms. The molecule has 0 radical (unpaired) electrons. The Labute approximate surface area is 207 Å². The van der Waals surface area contributed by atoms with E-state index >= 15 is 0 Å². The minimum Gasteiger partial charge on any atom is -0.481 e. The van der Waals surface area contributed by atoms with Crippen LogP contribution in [0.2, 0.25) is 0 Å². The fraction of sp³-hybridized carbons (Fsp3) is 0.667. The minimum atomic E-state index is -1.60. The maximum atomic E-state index is 12.9. The van der Waals surface area contributed by atoms with Gasteiger partial charge in [-0.25, -0.2) is 4.79 Å². The highest BCUT2D eigenvalue weighted by Gasteiger charge is 2.31. The Morgan fingerprint density at radius 1 is 0.694 bits per heavy atom. The number of amides is 4. The summed E-state index contributed by atoms with van der Waals surface area (Å²) in [7, 11) is 0. The lowest BCUT2D eigenvalue weighted by Crippen LogP contribution is -2.57. The smallest absolute Gasteiger partial charge is 0.326 e. The van der Waals surface area contributed by atoms with Crippen LogP contribution in [0.15, 0.2) is 0 Å². The standard InChI is InChI=1S/C21H35N5O10/c1-3-10(2)17(23)20(34)25-12(5-8-15(28)29)18(32)24-11(4-7-14(22)27)19(33)26-13(21(35)36)6-9-16(30)31/h10-13,17H,3-9,23H2,1-2H3,(H2,22,27)(H,24,32)(H,25,34)(H,26,33)(H,28,29)(H,30,31)(H,35,36). The molecule has 0 aliphatic carbocycles. The normalized spacial score (nSPS) is 14.9. The largest absolute Gasteiger partial charge is 0.481 e. The average Bonchev–Trinajstić information content (AvgIpc) is 2.79. The molecule has 0 heterocycles. The topological polar surface area (TPSA) is 268 Å². The van der Waals surface area contributed by atoms with Gasteiger partial charge in [-0.3, -0.25) is 28.8 Å². The van der Waals surface area contributed by atoms with Crippen molar-refractivity contribution in [2.75, 3.05) is 0 Å². The van der Waals surface area contributed by atoms with Gasteiger partial charge in [-0.2, -0.15) is 0 Å². The van der Waals surface area contributed by atoms with E-state index in [-0.39, 0.29) is 25.2 Å². The molecule has 4 amide bonds. The van der Waals surface area contributed by atoms with E-state index in [4.69, 9.17) is 21.7 Å². The Morgan fingerprint density at radius 3 is 1.47 bits per heavy atom. The predicted molar refractivity (Wildman–Crippen MR) is 123 cm³/mol. The molecule has 0 rings (SSSR count). The highest BCUT2D eigenvalue weighted by molar-refractivity contribution is 5.94. The van der Waals surface area contributed by atoms with Crippen LogP contribution >= 0.6 is 0 Å². The second kappa shape index (κ2) is 16.0. The van der Waals surface area contributed by atoms with Crippen molar-refractivity contribution in [1.29, 1.82) is 0 Å². The van der Waals surface area contributed by atoms with Gasteiger partial charge in [0.1, 0.15) is 18.1 Å². The van der Waals surface area contributed by atoms with Gasteiger partial charge in [0.15, 0.2) is 0 Å². The molecule has 36 heavy (non-hydrogen) atoms. The third-order valence-electron chi connectivity index (χ3n) is 5.41. The zero-order valence-corrected chi connectivity index (χ0v) is 20.2. The Hall–Kier alpha value is -3.75. The van der Waals surface area contributed by atoms with Crippen LogP contribution < -0.4 is 27.4 Å². The highest BCUT2D eigenvalue weighted by Crippen LogP contribution is 2.08. The summed E-state index contributed by atoms with van der Waals surface area (Å²) in [5.41, 5.74) is 11.0. The lowest BCUT2D eigenvalue weighted by Gasteiger charge is -2.25. The Bertz CT molecular complexity index is 834. The van der Waals surface area contributed by atoms with E-state index in [2.05, 4.69) is 16.0 Å². The predicted octanol–water partition coefficient (Wildman–Crippen LogP) is -2.11. The van der Waals surface area contributed by atoms with E-state index in [1.807, 2.05) is 0 Å².